The molecule has 2 N–H and O–H groups in total. The first kappa shape index (κ1) is 47.2. The SMILES string of the molecule is O.[Fe].[H-].[Li+].[Ni]. The molecule has 0 saturated carbocycles. The summed E-state index contributed by atoms with van der Waals surface area (Å²) < 4.78 is 0. The summed E-state index contributed by atoms with van der Waals surface area (Å²) in [6.45, 7) is 0. The van der Waals surface area contributed by atoms with Crippen LogP contribution in [0.15, 0.2) is 0 Å². The van der Waals surface area contributed by atoms with E-state index in [1.54, 1.807) is 0 Å². The molecule has 0 aliphatic carbocycles. The largest absolute Gasteiger partial charge is 1.00 e. The van der Waals surface area contributed by atoms with E-state index in [1.165, 1.54) is 0 Å². The maximum absolute atomic E-state index is 0. The van der Waals surface area contributed by atoms with Crippen LogP contribution in [-0.4, -0.2) is 5.48 Å². The second-order valence-electron chi connectivity index (χ2n) is 0. The molecule has 0 bridgehead atoms. The molecule has 0 heterocycles. The molecule has 0 aliphatic rings. The Bertz CT molecular complexity index is 11.6. The van der Waals surface area contributed by atoms with E-state index in [4.69, 9.17) is 0 Å². The van der Waals surface area contributed by atoms with Crippen molar-refractivity contribution in [2.75, 3.05) is 0 Å². The van der Waals surface area contributed by atoms with Crippen LogP contribution >= 0.6 is 0 Å². The first-order chi connectivity index (χ1) is 0. The maximum Gasteiger partial charge on any atom is 1.00 e. The average molecular weight is 141 g/mol. The fraction of sp³-hybridized carbons (Fsp3) is 0. The second-order valence-corrected chi connectivity index (χ2v) is 0. The first-order valence-electron chi connectivity index (χ1n) is 0. The molecule has 0 aromatic heterocycles. The zero-order chi connectivity index (χ0) is 0. The number of rotatable bonds is 0. The molecule has 0 atom stereocenters. The molecular formula is H3FeLiNiO. The van der Waals surface area contributed by atoms with Crippen LogP contribution in [0.2, 0.25) is 0 Å². The Morgan fingerprint density at radius 3 is 1.25 bits per heavy atom. The van der Waals surface area contributed by atoms with Crippen LogP contribution < -0.4 is 18.9 Å². The molecule has 0 amide bonds. The fourth-order valence-electron chi connectivity index (χ4n) is 0. The van der Waals surface area contributed by atoms with Gasteiger partial charge >= 0.3 is 18.9 Å². The van der Waals surface area contributed by atoms with Crippen molar-refractivity contribution in [2.45, 2.75) is 0 Å². The van der Waals surface area contributed by atoms with Crippen LogP contribution in [-0.2, 0) is 33.6 Å². The van der Waals surface area contributed by atoms with Gasteiger partial charge in [-0.2, -0.15) is 0 Å². The normalized spacial score (nSPS) is 0. The molecular weight excluding hydrogens is 137 g/mol. The van der Waals surface area contributed by atoms with Gasteiger partial charge < -0.3 is 6.90 Å². The van der Waals surface area contributed by atoms with Crippen molar-refractivity contribution in [3.8, 4) is 0 Å². The third-order valence-corrected chi connectivity index (χ3v) is 0. The van der Waals surface area contributed by atoms with Crippen LogP contribution in [0.4, 0.5) is 0 Å². The molecule has 1 nitrogen and oxygen atoms in total. The van der Waals surface area contributed by atoms with Gasteiger partial charge in [-0.1, -0.05) is 0 Å². The molecule has 0 aromatic carbocycles. The predicted octanol–water partition coefficient (Wildman–Crippen LogP) is -3.71. The van der Waals surface area contributed by atoms with Crippen molar-refractivity contribution in [3.63, 3.8) is 0 Å². The van der Waals surface area contributed by atoms with Gasteiger partial charge in [-0.25, -0.2) is 0 Å². The molecule has 0 aromatic rings. The second kappa shape index (κ2) is 23.6. The van der Waals surface area contributed by atoms with Gasteiger partial charge in [-0.3, -0.25) is 0 Å². The minimum atomic E-state index is 0. The molecule has 0 radical (unpaired) electrons. The molecule has 0 spiro atoms. The third-order valence-electron chi connectivity index (χ3n) is 0. The Kier molecular flexibility index (Phi) is 279. The smallest absolute Gasteiger partial charge is 1.00 e. The molecule has 0 rings (SSSR count). The summed E-state index contributed by atoms with van der Waals surface area (Å²) in [7, 11) is 0. The van der Waals surface area contributed by atoms with Gasteiger partial charge in [0.25, 0.3) is 0 Å². The van der Waals surface area contributed by atoms with Gasteiger partial charge in [0.2, 0.25) is 0 Å². The van der Waals surface area contributed by atoms with Crippen molar-refractivity contribution < 1.29 is 59.3 Å². The van der Waals surface area contributed by atoms with E-state index >= 15 is 0 Å². The zero-order valence-electron chi connectivity index (χ0n) is 3.17. The topological polar surface area (TPSA) is 31.5 Å². The molecule has 4 heteroatoms. The standard InChI is InChI=1S/Fe.Li.Ni.H2O.H/h;;;1H2;/q;+1;;;-1. The zero-order valence-corrected chi connectivity index (χ0v) is 4.26. The van der Waals surface area contributed by atoms with Crippen molar-refractivity contribution in [3.05, 3.63) is 0 Å². The summed E-state index contributed by atoms with van der Waals surface area (Å²) in [5.41, 5.74) is 0. The van der Waals surface area contributed by atoms with Gasteiger partial charge in [0.05, 0.1) is 0 Å². The third kappa shape index (κ3) is 9.57. The Morgan fingerprint density at radius 2 is 1.25 bits per heavy atom. The molecule has 4 heavy (non-hydrogen) atoms. The Balaban J connectivity index is 0. The van der Waals surface area contributed by atoms with Crippen molar-refractivity contribution in [1.82, 2.24) is 0 Å². The van der Waals surface area contributed by atoms with Crippen molar-refractivity contribution in [1.29, 1.82) is 0 Å². The van der Waals surface area contributed by atoms with Gasteiger partial charge in [0.1, 0.15) is 0 Å². The Hall–Kier alpha value is 1.57. The molecule has 28 valence electrons. The van der Waals surface area contributed by atoms with Crippen molar-refractivity contribution >= 4 is 0 Å². The molecule has 0 unspecified atom stereocenters. The van der Waals surface area contributed by atoms with Crippen LogP contribution in [0.5, 0.6) is 0 Å². The van der Waals surface area contributed by atoms with Gasteiger partial charge in [-0.15, -0.1) is 0 Å². The van der Waals surface area contributed by atoms with E-state index in [9.17, 15) is 0 Å². The van der Waals surface area contributed by atoms with Crippen LogP contribution in [0, 0.1) is 0 Å². The number of hydrogen-bond donors (Lipinski definition) is 0. The summed E-state index contributed by atoms with van der Waals surface area (Å²) in [5.74, 6) is 0. The van der Waals surface area contributed by atoms with Crippen LogP contribution in [0.1, 0.15) is 1.43 Å². The minimum absolute atomic E-state index is 0. The Morgan fingerprint density at radius 1 is 1.25 bits per heavy atom. The Labute approximate surface area is 59.3 Å². The van der Waals surface area contributed by atoms with Gasteiger partial charge in [0, 0.05) is 33.6 Å². The quantitative estimate of drug-likeness (QED) is 0.310. The summed E-state index contributed by atoms with van der Waals surface area (Å²) >= 11 is 0. The van der Waals surface area contributed by atoms with E-state index in [-0.39, 0.29) is 59.3 Å². The average Bonchev–Trinajstić information content (AvgIpc) is 0. The molecule has 0 saturated heterocycles. The minimum Gasteiger partial charge on any atom is -1.00 e. The monoisotopic (exact) mass is 140 g/mol. The first-order valence-corrected chi connectivity index (χ1v) is 0. The fourth-order valence-corrected chi connectivity index (χ4v) is 0. The van der Waals surface area contributed by atoms with Crippen LogP contribution in [0.3, 0.4) is 0 Å². The van der Waals surface area contributed by atoms with E-state index < -0.39 is 0 Å². The predicted molar refractivity (Wildman–Crippen MR) is 4.73 cm³/mol. The van der Waals surface area contributed by atoms with E-state index in [0.717, 1.165) is 0 Å². The summed E-state index contributed by atoms with van der Waals surface area (Å²) in [6.07, 6.45) is 0. The maximum atomic E-state index is 0. The molecule has 0 fully saturated rings. The van der Waals surface area contributed by atoms with E-state index in [2.05, 4.69) is 0 Å². The van der Waals surface area contributed by atoms with Gasteiger partial charge in [-0.05, 0) is 0 Å². The number of hydrogen-bond acceptors (Lipinski definition) is 0. The van der Waals surface area contributed by atoms with Crippen molar-refractivity contribution in [2.24, 2.45) is 0 Å². The van der Waals surface area contributed by atoms with Crippen LogP contribution in [0.25, 0.3) is 0 Å². The summed E-state index contributed by atoms with van der Waals surface area (Å²) in [6, 6.07) is 0. The van der Waals surface area contributed by atoms with E-state index in [1.807, 2.05) is 0 Å². The van der Waals surface area contributed by atoms with Gasteiger partial charge in [0.15, 0.2) is 0 Å². The summed E-state index contributed by atoms with van der Waals surface area (Å²) in [5, 5.41) is 0. The summed E-state index contributed by atoms with van der Waals surface area (Å²) in [4.78, 5) is 0. The molecule has 0 aliphatic heterocycles. The van der Waals surface area contributed by atoms with E-state index in [0.29, 0.717) is 0 Å².